The van der Waals surface area contributed by atoms with Crippen LogP contribution in [0.15, 0.2) is 12.4 Å². The van der Waals surface area contributed by atoms with Crippen LogP contribution in [0.2, 0.25) is 0 Å². The smallest absolute Gasteiger partial charge is 0.412 e. The summed E-state index contributed by atoms with van der Waals surface area (Å²) in [7, 11) is 0. The van der Waals surface area contributed by atoms with Crippen LogP contribution in [0.5, 0.6) is 0 Å². The molecule has 20 heavy (non-hydrogen) atoms. The topological polar surface area (TPSA) is 105 Å². The molecule has 8 heteroatoms. The van der Waals surface area contributed by atoms with Gasteiger partial charge in [0, 0.05) is 12.7 Å². The molecule has 0 spiro atoms. The number of anilines is 1. The minimum Gasteiger partial charge on any atom is -0.444 e. The summed E-state index contributed by atoms with van der Waals surface area (Å²) >= 11 is 0. The van der Waals surface area contributed by atoms with E-state index in [9.17, 15) is 9.59 Å². The van der Waals surface area contributed by atoms with Crippen molar-refractivity contribution in [2.45, 2.75) is 32.9 Å². The van der Waals surface area contributed by atoms with Crippen molar-refractivity contribution in [3.05, 3.63) is 12.4 Å². The molecule has 0 saturated carbocycles. The summed E-state index contributed by atoms with van der Waals surface area (Å²) in [6, 6.07) is 0. The van der Waals surface area contributed by atoms with Gasteiger partial charge in [0.1, 0.15) is 12.1 Å². The van der Waals surface area contributed by atoms with E-state index in [1.54, 1.807) is 20.8 Å². The van der Waals surface area contributed by atoms with Gasteiger partial charge in [-0.15, -0.1) is 0 Å². The van der Waals surface area contributed by atoms with Crippen LogP contribution in [0.25, 0.3) is 0 Å². The molecular formula is C12H20N4O4. The lowest BCUT2D eigenvalue weighted by atomic mass is 10.2. The minimum atomic E-state index is -0.582. The van der Waals surface area contributed by atoms with Gasteiger partial charge in [-0.3, -0.25) is 14.8 Å². The van der Waals surface area contributed by atoms with E-state index in [0.717, 1.165) is 0 Å². The zero-order valence-electron chi connectivity index (χ0n) is 11.8. The van der Waals surface area contributed by atoms with E-state index in [0.29, 0.717) is 5.69 Å². The molecule has 8 nitrogen and oxygen atoms in total. The zero-order chi connectivity index (χ0) is 15.2. The third-order valence-corrected chi connectivity index (χ3v) is 2.02. The second kappa shape index (κ2) is 6.90. The van der Waals surface area contributed by atoms with E-state index in [2.05, 4.69) is 15.7 Å². The number of ether oxygens (including phenoxy) is 1. The lowest BCUT2D eigenvalue weighted by Crippen LogP contribution is -2.30. The van der Waals surface area contributed by atoms with Gasteiger partial charge in [0.15, 0.2) is 0 Å². The van der Waals surface area contributed by atoms with Gasteiger partial charge in [-0.2, -0.15) is 5.10 Å². The molecule has 3 N–H and O–H groups in total. The number of carbonyl (C=O) groups is 2. The minimum absolute atomic E-state index is 0.00992. The zero-order valence-corrected chi connectivity index (χ0v) is 11.8. The standard InChI is InChI=1S/C12H20N4O4/c1-12(2,3)20-11(19)15-9-6-14-16(7-9)8-10(18)13-4-5-17/h6-7,17H,4-5,8H2,1-3H3,(H,13,18)(H,15,19). The average molecular weight is 284 g/mol. The van der Waals surface area contributed by atoms with Gasteiger partial charge in [0.25, 0.3) is 0 Å². The Morgan fingerprint density at radius 1 is 1.45 bits per heavy atom. The predicted molar refractivity (Wildman–Crippen MR) is 72.2 cm³/mol. The molecule has 0 aliphatic carbocycles. The van der Waals surface area contributed by atoms with Crippen LogP contribution in [0.3, 0.4) is 0 Å². The summed E-state index contributed by atoms with van der Waals surface area (Å²) in [4.78, 5) is 22.9. The highest BCUT2D eigenvalue weighted by Gasteiger charge is 2.16. The van der Waals surface area contributed by atoms with Crippen LogP contribution in [0.1, 0.15) is 20.8 Å². The van der Waals surface area contributed by atoms with Crippen molar-refractivity contribution in [1.29, 1.82) is 0 Å². The first-order valence-corrected chi connectivity index (χ1v) is 6.20. The van der Waals surface area contributed by atoms with Crippen molar-refractivity contribution in [2.75, 3.05) is 18.5 Å². The molecule has 0 aliphatic heterocycles. The van der Waals surface area contributed by atoms with Gasteiger partial charge in [-0.25, -0.2) is 4.79 Å². The molecule has 1 rings (SSSR count). The molecule has 0 aliphatic rings. The van der Waals surface area contributed by atoms with Crippen molar-refractivity contribution < 1.29 is 19.4 Å². The maximum absolute atomic E-state index is 11.5. The fourth-order valence-corrected chi connectivity index (χ4v) is 1.33. The molecule has 0 radical (unpaired) electrons. The molecule has 112 valence electrons. The second-order valence-corrected chi connectivity index (χ2v) is 5.13. The van der Waals surface area contributed by atoms with Crippen LogP contribution in [-0.4, -0.2) is 45.6 Å². The molecule has 0 fully saturated rings. The van der Waals surface area contributed by atoms with E-state index < -0.39 is 11.7 Å². The van der Waals surface area contributed by atoms with Crippen LogP contribution in [0.4, 0.5) is 10.5 Å². The van der Waals surface area contributed by atoms with Crippen LogP contribution >= 0.6 is 0 Å². The molecule has 1 aromatic heterocycles. The van der Waals surface area contributed by atoms with Crippen molar-refractivity contribution in [3.8, 4) is 0 Å². The quantitative estimate of drug-likeness (QED) is 0.723. The molecule has 0 saturated heterocycles. The lowest BCUT2D eigenvalue weighted by molar-refractivity contribution is -0.122. The Balaban J connectivity index is 2.47. The van der Waals surface area contributed by atoms with Crippen molar-refractivity contribution in [2.24, 2.45) is 0 Å². The molecule has 0 aromatic carbocycles. The number of aliphatic hydroxyl groups is 1. The van der Waals surface area contributed by atoms with Crippen LogP contribution < -0.4 is 10.6 Å². The third kappa shape index (κ3) is 6.19. The van der Waals surface area contributed by atoms with Gasteiger partial charge in [-0.1, -0.05) is 0 Å². The Morgan fingerprint density at radius 3 is 2.75 bits per heavy atom. The van der Waals surface area contributed by atoms with E-state index in [4.69, 9.17) is 9.84 Å². The number of nitrogens with one attached hydrogen (secondary N) is 2. The Kier molecular flexibility index (Phi) is 5.51. The number of rotatable bonds is 5. The first kappa shape index (κ1) is 16.0. The van der Waals surface area contributed by atoms with E-state index in [1.165, 1.54) is 17.1 Å². The summed E-state index contributed by atoms with van der Waals surface area (Å²) in [6.45, 7) is 5.39. The Hall–Kier alpha value is -2.09. The van der Waals surface area contributed by atoms with Gasteiger partial charge < -0.3 is 15.2 Å². The maximum Gasteiger partial charge on any atom is 0.412 e. The summed E-state index contributed by atoms with van der Waals surface area (Å²) < 4.78 is 6.47. The van der Waals surface area contributed by atoms with Gasteiger partial charge in [0.05, 0.1) is 18.5 Å². The fraction of sp³-hybridized carbons (Fsp3) is 0.583. The van der Waals surface area contributed by atoms with E-state index >= 15 is 0 Å². The van der Waals surface area contributed by atoms with Gasteiger partial charge >= 0.3 is 6.09 Å². The highest BCUT2D eigenvalue weighted by molar-refractivity contribution is 5.84. The number of aromatic nitrogens is 2. The molecule has 2 amide bonds. The first-order chi connectivity index (χ1) is 9.30. The lowest BCUT2D eigenvalue weighted by Gasteiger charge is -2.19. The molecule has 0 unspecified atom stereocenters. The summed E-state index contributed by atoms with van der Waals surface area (Å²) in [5, 5.41) is 17.5. The highest BCUT2D eigenvalue weighted by atomic mass is 16.6. The third-order valence-electron chi connectivity index (χ3n) is 2.02. The average Bonchev–Trinajstić information content (AvgIpc) is 2.71. The predicted octanol–water partition coefficient (Wildman–Crippen LogP) is 0.339. The van der Waals surface area contributed by atoms with Crippen molar-refractivity contribution in [3.63, 3.8) is 0 Å². The van der Waals surface area contributed by atoms with E-state index in [-0.39, 0.29) is 25.6 Å². The molecule has 0 bridgehead atoms. The fourth-order valence-electron chi connectivity index (χ4n) is 1.33. The number of amides is 2. The monoisotopic (exact) mass is 284 g/mol. The highest BCUT2D eigenvalue weighted by Crippen LogP contribution is 2.10. The number of hydrogen-bond acceptors (Lipinski definition) is 5. The van der Waals surface area contributed by atoms with Crippen molar-refractivity contribution in [1.82, 2.24) is 15.1 Å². The molecule has 1 heterocycles. The first-order valence-electron chi connectivity index (χ1n) is 6.20. The summed E-state index contributed by atoms with van der Waals surface area (Å²) in [6.07, 6.45) is 2.35. The normalized spacial score (nSPS) is 11.0. The summed E-state index contributed by atoms with van der Waals surface area (Å²) in [5.74, 6) is -0.272. The van der Waals surface area contributed by atoms with Gasteiger partial charge in [-0.05, 0) is 20.8 Å². The largest absolute Gasteiger partial charge is 0.444 e. The van der Waals surface area contributed by atoms with Crippen LogP contribution in [-0.2, 0) is 16.1 Å². The Morgan fingerprint density at radius 2 is 2.15 bits per heavy atom. The molecule has 0 atom stereocenters. The molecular weight excluding hydrogens is 264 g/mol. The Bertz CT molecular complexity index is 464. The van der Waals surface area contributed by atoms with Crippen molar-refractivity contribution >= 4 is 17.7 Å². The van der Waals surface area contributed by atoms with E-state index in [1.807, 2.05) is 0 Å². The molecule has 1 aromatic rings. The maximum atomic E-state index is 11.5. The Labute approximate surface area is 117 Å². The summed E-state index contributed by atoms with van der Waals surface area (Å²) in [5.41, 5.74) is -0.140. The number of nitrogens with zero attached hydrogens (tertiary/aromatic N) is 2. The van der Waals surface area contributed by atoms with Gasteiger partial charge in [0.2, 0.25) is 5.91 Å². The second-order valence-electron chi connectivity index (χ2n) is 5.13. The SMILES string of the molecule is CC(C)(C)OC(=O)Nc1cnn(CC(=O)NCCO)c1. The number of carbonyl (C=O) groups excluding carboxylic acids is 2. The number of hydrogen-bond donors (Lipinski definition) is 3. The van der Waals surface area contributed by atoms with Crippen LogP contribution in [0, 0.1) is 0 Å². The number of aliphatic hydroxyl groups excluding tert-OH is 1.